The fourth-order valence-corrected chi connectivity index (χ4v) is 6.23. The summed E-state index contributed by atoms with van der Waals surface area (Å²) in [5.74, 6) is -1.04. The summed E-state index contributed by atoms with van der Waals surface area (Å²) in [5.41, 5.74) is 1.50. The number of piperazine rings is 1. The first-order valence-corrected chi connectivity index (χ1v) is 14.3. The third-order valence-corrected chi connectivity index (χ3v) is 8.69. The molecule has 12 heteroatoms. The zero-order chi connectivity index (χ0) is 26.7. The monoisotopic (exact) mass is 557 g/mol. The summed E-state index contributed by atoms with van der Waals surface area (Å²) in [6.45, 7) is 4.40. The van der Waals surface area contributed by atoms with Gasteiger partial charge >= 0.3 is 0 Å². The van der Waals surface area contributed by atoms with Crippen LogP contribution in [0.15, 0.2) is 71.6 Å². The lowest BCUT2D eigenvalue weighted by atomic mass is 10.2. The third kappa shape index (κ3) is 6.09. The number of hydrogen-bond donors (Lipinski definition) is 2. The van der Waals surface area contributed by atoms with E-state index < -0.39 is 15.8 Å². The van der Waals surface area contributed by atoms with Gasteiger partial charge in [0.25, 0.3) is 15.9 Å². The zero-order valence-corrected chi connectivity index (χ0v) is 21.9. The van der Waals surface area contributed by atoms with Gasteiger partial charge in [-0.05, 0) is 66.7 Å². The van der Waals surface area contributed by atoms with E-state index in [-0.39, 0.29) is 16.6 Å². The summed E-state index contributed by atoms with van der Waals surface area (Å²) in [7, 11) is -3.86. The summed E-state index contributed by atoms with van der Waals surface area (Å²) < 4.78 is 54.7. The summed E-state index contributed by atoms with van der Waals surface area (Å²) in [5, 5.41) is 3.79. The molecular formula is C26H25F2N5O3S2. The topological polar surface area (TPSA) is 94.6 Å². The van der Waals surface area contributed by atoms with E-state index in [1.807, 2.05) is 0 Å². The van der Waals surface area contributed by atoms with Crippen LogP contribution in [-0.4, -0.2) is 63.5 Å². The quantitative estimate of drug-likeness (QED) is 0.341. The highest BCUT2D eigenvalue weighted by atomic mass is 32.2. The number of aromatic nitrogens is 1. The number of rotatable bonds is 8. The van der Waals surface area contributed by atoms with Gasteiger partial charge in [-0.15, -0.1) is 0 Å². The number of sulfonamides is 1. The molecule has 1 aromatic heterocycles. The van der Waals surface area contributed by atoms with Gasteiger partial charge in [0, 0.05) is 50.5 Å². The van der Waals surface area contributed by atoms with Crippen LogP contribution < -0.4 is 14.9 Å². The molecule has 0 saturated carbocycles. The van der Waals surface area contributed by atoms with E-state index in [9.17, 15) is 22.0 Å². The number of amides is 1. The molecule has 0 spiro atoms. The van der Waals surface area contributed by atoms with Gasteiger partial charge in [-0.25, -0.2) is 22.2 Å². The minimum atomic E-state index is -3.86. The number of hydrogen-bond acceptors (Lipinski definition) is 7. The molecule has 0 unspecified atom stereocenters. The average molecular weight is 558 g/mol. The molecule has 1 amide bonds. The predicted octanol–water partition coefficient (Wildman–Crippen LogP) is 3.93. The van der Waals surface area contributed by atoms with Crippen molar-refractivity contribution < 1.29 is 22.0 Å². The molecule has 1 aliphatic rings. The molecular weight excluding hydrogens is 532 g/mol. The van der Waals surface area contributed by atoms with E-state index in [1.165, 1.54) is 47.7 Å². The van der Waals surface area contributed by atoms with Crippen molar-refractivity contribution in [2.75, 3.05) is 48.9 Å². The van der Waals surface area contributed by atoms with Crippen molar-refractivity contribution in [3.8, 4) is 0 Å². The van der Waals surface area contributed by atoms with Gasteiger partial charge in [-0.2, -0.15) is 0 Å². The number of anilines is 2. The molecule has 5 rings (SSSR count). The number of fused-ring (bicyclic) bond motifs is 1. The number of halogens is 2. The predicted molar refractivity (Wildman–Crippen MR) is 144 cm³/mol. The Morgan fingerprint density at radius 3 is 2.32 bits per heavy atom. The van der Waals surface area contributed by atoms with Crippen molar-refractivity contribution in [1.29, 1.82) is 0 Å². The van der Waals surface area contributed by atoms with Crippen molar-refractivity contribution in [1.82, 2.24) is 15.2 Å². The van der Waals surface area contributed by atoms with Crippen molar-refractivity contribution in [3.05, 3.63) is 83.9 Å². The van der Waals surface area contributed by atoms with E-state index in [0.717, 1.165) is 53.7 Å². The maximum Gasteiger partial charge on any atom is 0.261 e. The highest BCUT2D eigenvalue weighted by Gasteiger charge is 2.20. The Hall–Kier alpha value is -3.61. The number of carbonyl (C=O) groups excluding carboxylic acids is 1. The molecule has 4 aromatic rings. The smallest absolute Gasteiger partial charge is 0.261 e. The molecule has 1 aliphatic heterocycles. The fraction of sp³-hybridized carbons (Fsp3) is 0.231. The number of nitrogens with one attached hydrogen (secondary N) is 2. The summed E-state index contributed by atoms with van der Waals surface area (Å²) in [4.78, 5) is 21.6. The van der Waals surface area contributed by atoms with Crippen LogP contribution in [0.25, 0.3) is 10.2 Å². The van der Waals surface area contributed by atoms with E-state index in [2.05, 4.69) is 24.8 Å². The standard InChI is InChI=1S/C26H25F2N5O3S2/c27-19-3-8-22(9-4-19)38(35,36)31-21-6-1-18(2-7-21)25(34)29-11-12-32-13-15-33(16-14-32)26-30-23-10-5-20(28)17-24(23)37-26/h1-10,17,31H,11-16H2,(H,29,34). The maximum absolute atomic E-state index is 13.5. The Morgan fingerprint density at radius 2 is 1.61 bits per heavy atom. The molecule has 3 aromatic carbocycles. The van der Waals surface area contributed by atoms with Crippen LogP contribution in [0.3, 0.4) is 0 Å². The molecule has 1 saturated heterocycles. The number of nitrogens with zero attached hydrogens (tertiary/aromatic N) is 3. The Morgan fingerprint density at radius 1 is 0.921 bits per heavy atom. The zero-order valence-electron chi connectivity index (χ0n) is 20.2. The van der Waals surface area contributed by atoms with Gasteiger partial charge in [0.2, 0.25) is 0 Å². The summed E-state index contributed by atoms with van der Waals surface area (Å²) >= 11 is 1.49. The van der Waals surface area contributed by atoms with E-state index in [0.29, 0.717) is 24.3 Å². The van der Waals surface area contributed by atoms with Gasteiger partial charge < -0.3 is 10.2 Å². The SMILES string of the molecule is O=C(NCCN1CCN(c2nc3ccc(F)cc3s2)CC1)c1ccc(NS(=O)(=O)c2ccc(F)cc2)cc1. The van der Waals surface area contributed by atoms with Crippen LogP contribution in [0.2, 0.25) is 0 Å². The van der Waals surface area contributed by atoms with E-state index in [1.54, 1.807) is 18.2 Å². The summed E-state index contributed by atoms with van der Waals surface area (Å²) in [6, 6.07) is 15.2. The van der Waals surface area contributed by atoms with Crippen LogP contribution in [0.4, 0.5) is 19.6 Å². The number of carbonyl (C=O) groups is 1. The first-order chi connectivity index (χ1) is 18.3. The lowest BCUT2D eigenvalue weighted by Gasteiger charge is -2.34. The highest BCUT2D eigenvalue weighted by molar-refractivity contribution is 7.92. The maximum atomic E-state index is 13.5. The molecule has 0 bridgehead atoms. The summed E-state index contributed by atoms with van der Waals surface area (Å²) in [6.07, 6.45) is 0. The Kier molecular flexibility index (Phi) is 7.54. The molecule has 0 radical (unpaired) electrons. The van der Waals surface area contributed by atoms with Crippen molar-refractivity contribution in [2.24, 2.45) is 0 Å². The van der Waals surface area contributed by atoms with Crippen molar-refractivity contribution >= 4 is 48.3 Å². The van der Waals surface area contributed by atoms with Gasteiger partial charge in [-0.1, -0.05) is 11.3 Å². The molecule has 0 aliphatic carbocycles. The van der Waals surface area contributed by atoms with Crippen molar-refractivity contribution in [3.63, 3.8) is 0 Å². The molecule has 38 heavy (non-hydrogen) atoms. The lowest BCUT2D eigenvalue weighted by molar-refractivity contribution is 0.0948. The van der Waals surface area contributed by atoms with Gasteiger partial charge in [-0.3, -0.25) is 14.4 Å². The Labute approximate surface area is 223 Å². The van der Waals surface area contributed by atoms with Crippen LogP contribution in [-0.2, 0) is 10.0 Å². The minimum absolute atomic E-state index is 0.0583. The number of thiazole rings is 1. The normalized spacial score (nSPS) is 14.5. The second-order valence-corrected chi connectivity index (χ2v) is 11.5. The van der Waals surface area contributed by atoms with Gasteiger partial charge in [0.05, 0.1) is 15.1 Å². The first-order valence-electron chi connectivity index (χ1n) is 12.0. The van der Waals surface area contributed by atoms with E-state index >= 15 is 0 Å². The molecule has 2 N–H and O–H groups in total. The lowest BCUT2D eigenvalue weighted by Crippen LogP contribution is -2.48. The van der Waals surface area contributed by atoms with Crippen LogP contribution in [0.5, 0.6) is 0 Å². The molecule has 198 valence electrons. The molecule has 8 nitrogen and oxygen atoms in total. The minimum Gasteiger partial charge on any atom is -0.351 e. The fourth-order valence-electron chi connectivity index (χ4n) is 4.13. The Balaban J connectivity index is 1.07. The van der Waals surface area contributed by atoms with Gasteiger partial charge in [0.15, 0.2) is 5.13 Å². The highest BCUT2D eigenvalue weighted by Crippen LogP contribution is 2.29. The van der Waals surface area contributed by atoms with Crippen LogP contribution in [0, 0.1) is 11.6 Å². The van der Waals surface area contributed by atoms with Crippen LogP contribution >= 0.6 is 11.3 Å². The number of benzene rings is 3. The largest absolute Gasteiger partial charge is 0.351 e. The second-order valence-electron chi connectivity index (χ2n) is 8.83. The first kappa shape index (κ1) is 26.0. The molecule has 0 atom stereocenters. The van der Waals surface area contributed by atoms with E-state index in [4.69, 9.17) is 0 Å². The molecule has 1 fully saturated rings. The van der Waals surface area contributed by atoms with Crippen LogP contribution in [0.1, 0.15) is 10.4 Å². The van der Waals surface area contributed by atoms with Gasteiger partial charge in [0.1, 0.15) is 11.6 Å². The second kappa shape index (κ2) is 11.0. The Bertz CT molecular complexity index is 1540. The molecule has 2 heterocycles. The third-order valence-electron chi connectivity index (χ3n) is 6.22. The average Bonchev–Trinajstić information content (AvgIpc) is 3.33. The van der Waals surface area contributed by atoms with Crippen molar-refractivity contribution in [2.45, 2.75) is 4.90 Å².